The summed E-state index contributed by atoms with van der Waals surface area (Å²) in [6.07, 6.45) is 2.18. The third kappa shape index (κ3) is 4.35. The molecule has 1 heterocycles. The van der Waals surface area contributed by atoms with Gasteiger partial charge in [0.25, 0.3) is 0 Å². The van der Waals surface area contributed by atoms with E-state index in [1.54, 1.807) is 18.3 Å². The molecule has 104 valence electrons. The number of carbonyl (C=O) groups excluding carboxylic acids is 1. The number of nitrogens with one attached hydrogen (secondary N) is 2. The van der Waals surface area contributed by atoms with Crippen molar-refractivity contribution in [2.45, 2.75) is 13.3 Å². The van der Waals surface area contributed by atoms with Gasteiger partial charge in [0, 0.05) is 12.2 Å². The van der Waals surface area contributed by atoms with E-state index in [9.17, 15) is 9.18 Å². The Morgan fingerprint density at radius 2 is 2.15 bits per heavy atom. The van der Waals surface area contributed by atoms with Crippen molar-refractivity contribution in [3.8, 4) is 0 Å². The predicted molar refractivity (Wildman–Crippen MR) is 76.1 cm³/mol. The molecule has 0 fully saturated rings. The van der Waals surface area contributed by atoms with Gasteiger partial charge in [-0.1, -0.05) is 12.1 Å². The van der Waals surface area contributed by atoms with Gasteiger partial charge in [-0.3, -0.25) is 4.98 Å². The molecule has 0 aliphatic carbocycles. The molecule has 0 unspecified atom stereocenters. The standard InChI is InChI=1S/C15H16FN3O/c1-11-5-6-14(10-18-11)19-15(20)17-8-7-12-3-2-4-13(16)9-12/h2-6,9-10H,7-8H2,1H3,(H2,17,19,20). The van der Waals surface area contributed by atoms with Crippen LogP contribution in [0.3, 0.4) is 0 Å². The number of halogens is 1. The van der Waals surface area contributed by atoms with Gasteiger partial charge in [0.15, 0.2) is 0 Å². The first kappa shape index (κ1) is 14.0. The quantitative estimate of drug-likeness (QED) is 0.900. The Kier molecular flexibility index (Phi) is 4.65. The Morgan fingerprint density at radius 1 is 1.30 bits per heavy atom. The van der Waals surface area contributed by atoms with Crippen LogP contribution >= 0.6 is 0 Å². The molecular formula is C15H16FN3O. The molecule has 0 radical (unpaired) electrons. The Balaban J connectivity index is 1.76. The molecule has 1 aromatic carbocycles. The van der Waals surface area contributed by atoms with Crippen molar-refractivity contribution in [2.24, 2.45) is 0 Å². The minimum Gasteiger partial charge on any atom is -0.338 e. The van der Waals surface area contributed by atoms with Gasteiger partial charge >= 0.3 is 6.03 Å². The van der Waals surface area contributed by atoms with E-state index in [1.807, 2.05) is 19.1 Å². The second-order valence-electron chi connectivity index (χ2n) is 4.45. The summed E-state index contributed by atoms with van der Waals surface area (Å²) in [6, 6.07) is 9.65. The molecule has 0 saturated heterocycles. The maximum atomic E-state index is 13.0. The topological polar surface area (TPSA) is 54.0 Å². The van der Waals surface area contributed by atoms with Crippen molar-refractivity contribution in [2.75, 3.05) is 11.9 Å². The van der Waals surface area contributed by atoms with Gasteiger partial charge < -0.3 is 10.6 Å². The third-order valence-electron chi connectivity index (χ3n) is 2.76. The molecule has 2 rings (SSSR count). The highest BCUT2D eigenvalue weighted by atomic mass is 19.1. The number of hydrogen-bond donors (Lipinski definition) is 2. The molecule has 0 atom stereocenters. The van der Waals surface area contributed by atoms with Gasteiger partial charge in [-0.15, -0.1) is 0 Å². The summed E-state index contributed by atoms with van der Waals surface area (Å²) >= 11 is 0. The zero-order valence-corrected chi connectivity index (χ0v) is 11.2. The number of benzene rings is 1. The van der Waals surface area contributed by atoms with Gasteiger partial charge in [0.1, 0.15) is 5.82 Å². The lowest BCUT2D eigenvalue weighted by molar-refractivity contribution is 0.252. The van der Waals surface area contributed by atoms with E-state index in [0.29, 0.717) is 18.7 Å². The molecule has 0 bridgehead atoms. The fraction of sp³-hybridized carbons (Fsp3) is 0.200. The number of rotatable bonds is 4. The van der Waals surface area contributed by atoms with Crippen LogP contribution in [0.2, 0.25) is 0 Å². The first-order chi connectivity index (χ1) is 9.63. The lowest BCUT2D eigenvalue weighted by Gasteiger charge is -2.07. The van der Waals surface area contributed by atoms with E-state index >= 15 is 0 Å². The lowest BCUT2D eigenvalue weighted by atomic mass is 10.1. The van der Waals surface area contributed by atoms with Crippen LogP contribution in [-0.4, -0.2) is 17.6 Å². The highest BCUT2D eigenvalue weighted by Gasteiger charge is 2.02. The van der Waals surface area contributed by atoms with Crippen LogP contribution in [0.25, 0.3) is 0 Å². The lowest BCUT2D eigenvalue weighted by Crippen LogP contribution is -2.30. The average molecular weight is 273 g/mol. The second-order valence-corrected chi connectivity index (χ2v) is 4.45. The molecule has 2 N–H and O–H groups in total. The number of aryl methyl sites for hydroxylation is 1. The predicted octanol–water partition coefficient (Wildman–Crippen LogP) is 2.89. The number of pyridine rings is 1. The maximum Gasteiger partial charge on any atom is 0.319 e. The molecule has 0 spiro atoms. The Labute approximate surface area is 117 Å². The molecule has 5 heteroatoms. The largest absolute Gasteiger partial charge is 0.338 e. The van der Waals surface area contributed by atoms with Crippen LogP contribution in [0.15, 0.2) is 42.6 Å². The summed E-state index contributed by atoms with van der Waals surface area (Å²) in [6.45, 7) is 2.32. The van der Waals surface area contributed by atoms with E-state index in [4.69, 9.17) is 0 Å². The van der Waals surface area contributed by atoms with Crippen molar-refractivity contribution in [1.29, 1.82) is 0 Å². The van der Waals surface area contributed by atoms with E-state index in [1.165, 1.54) is 12.1 Å². The van der Waals surface area contributed by atoms with Crippen molar-refractivity contribution in [3.63, 3.8) is 0 Å². The minimum absolute atomic E-state index is 0.266. The van der Waals surface area contributed by atoms with Crippen LogP contribution in [0, 0.1) is 12.7 Å². The van der Waals surface area contributed by atoms with Crippen molar-refractivity contribution in [3.05, 3.63) is 59.7 Å². The Bertz CT molecular complexity index is 584. The molecule has 4 nitrogen and oxygen atoms in total. The van der Waals surface area contributed by atoms with Crippen molar-refractivity contribution in [1.82, 2.24) is 10.3 Å². The van der Waals surface area contributed by atoms with Crippen molar-refractivity contribution < 1.29 is 9.18 Å². The molecule has 1 aromatic heterocycles. The highest BCUT2D eigenvalue weighted by Crippen LogP contribution is 2.05. The second kappa shape index (κ2) is 6.65. The summed E-state index contributed by atoms with van der Waals surface area (Å²) in [5.74, 6) is -0.266. The first-order valence-electron chi connectivity index (χ1n) is 6.35. The number of nitrogens with zero attached hydrogens (tertiary/aromatic N) is 1. The van der Waals surface area contributed by atoms with Crippen molar-refractivity contribution >= 4 is 11.7 Å². The zero-order valence-electron chi connectivity index (χ0n) is 11.2. The highest BCUT2D eigenvalue weighted by molar-refractivity contribution is 5.88. The van der Waals surface area contributed by atoms with Gasteiger partial charge in [0.05, 0.1) is 11.9 Å². The van der Waals surface area contributed by atoms with E-state index < -0.39 is 0 Å². The number of aromatic nitrogens is 1. The Morgan fingerprint density at radius 3 is 2.85 bits per heavy atom. The smallest absolute Gasteiger partial charge is 0.319 e. The summed E-state index contributed by atoms with van der Waals surface area (Å²) in [4.78, 5) is 15.7. The fourth-order valence-corrected chi connectivity index (χ4v) is 1.73. The number of carbonyl (C=O) groups is 1. The molecule has 0 aliphatic rings. The molecule has 20 heavy (non-hydrogen) atoms. The number of amides is 2. The summed E-state index contributed by atoms with van der Waals surface area (Å²) in [5, 5.41) is 5.39. The van der Waals surface area contributed by atoms with Gasteiger partial charge in [-0.25, -0.2) is 9.18 Å². The minimum atomic E-state index is -0.299. The monoisotopic (exact) mass is 273 g/mol. The van der Waals surface area contributed by atoms with Gasteiger partial charge in [-0.2, -0.15) is 0 Å². The van der Waals surface area contributed by atoms with Crippen LogP contribution < -0.4 is 10.6 Å². The summed E-state index contributed by atoms with van der Waals surface area (Å²) in [7, 11) is 0. The number of urea groups is 1. The molecular weight excluding hydrogens is 257 g/mol. The number of hydrogen-bond acceptors (Lipinski definition) is 2. The molecule has 0 saturated carbocycles. The van der Waals surface area contributed by atoms with E-state index in [2.05, 4.69) is 15.6 Å². The molecule has 0 aliphatic heterocycles. The Hall–Kier alpha value is -2.43. The maximum absolute atomic E-state index is 13.0. The van der Waals surface area contributed by atoms with E-state index in [-0.39, 0.29) is 11.8 Å². The van der Waals surface area contributed by atoms with Crippen LogP contribution in [0.4, 0.5) is 14.9 Å². The molecule has 2 aromatic rings. The third-order valence-corrected chi connectivity index (χ3v) is 2.76. The van der Waals surface area contributed by atoms with Crippen LogP contribution in [0.5, 0.6) is 0 Å². The van der Waals surface area contributed by atoms with Gasteiger partial charge in [0.2, 0.25) is 0 Å². The first-order valence-corrected chi connectivity index (χ1v) is 6.35. The summed E-state index contributed by atoms with van der Waals surface area (Å²) < 4.78 is 13.0. The van der Waals surface area contributed by atoms with Crippen LogP contribution in [-0.2, 0) is 6.42 Å². The number of anilines is 1. The zero-order chi connectivity index (χ0) is 14.4. The summed E-state index contributed by atoms with van der Waals surface area (Å²) in [5.41, 5.74) is 2.38. The fourth-order valence-electron chi connectivity index (χ4n) is 1.73. The molecule has 2 amide bonds. The van der Waals surface area contributed by atoms with Gasteiger partial charge in [-0.05, 0) is 43.2 Å². The average Bonchev–Trinajstić information content (AvgIpc) is 2.41. The van der Waals surface area contributed by atoms with Crippen LogP contribution in [0.1, 0.15) is 11.3 Å². The van der Waals surface area contributed by atoms with E-state index in [0.717, 1.165) is 11.3 Å². The SMILES string of the molecule is Cc1ccc(NC(=O)NCCc2cccc(F)c2)cn1. The normalized spacial score (nSPS) is 10.1.